The third kappa shape index (κ3) is 4.56. The molecule has 0 amide bonds. The highest BCUT2D eigenvalue weighted by Gasteiger charge is 2.29. The zero-order valence-corrected chi connectivity index (χ0v) is 18.6. The van der Waals surface area contributed by atoms with E-state index in [1.54, 1.807) is 11.6 Å². The lowest BCUT2D eigenvalue weighted by atomic mass is 9.91. The van der Waals surface area contributed by atoms with Gasteiger partial charge in [0.05, 0.1) is 23.5 Å². The summed E-state index contributed by atoms with van der Waals surface area (Å²) in [5, 5.41) is 0. The van der Waals surface area contributed by atoms with Crippen molar-refractivity contribution in [2.75, 3.05) is 11.9 Å². The number of benzene rings is 1. The molecule has 30 heavy (non-hydrogen) atoms. The van der Waals surface area contributed by atoms with E-state index in [4.69, 9.17) is 10.7 Å². The van der Waals surface area contributed by atoms with Crippen LogP contribution in [0.2, 0.25) is 0 Å². The fourth-order valence-corrected chi connectivity index (χ4v) is 3.72. The lowest BCUT2D eigenvalue weighted by Gasteiger charge is -2.34. The molecule has 0 spiro atoms. The molecule has 2 aromatic rings. The molecule has 158 valence electrons. The van der Waals surface area contributed by atoms with E-state index in [1.807, 2.05) is 39.2 Å². The molecule has 0 aliphatic heterocycles. The number of rotatable bonds is 7. The third-order valence-electron chi connectivity index (χ3n) is 5.57. The first kappa shape index (κ1) is 21.6. The van der Waals surface area contributed by atoms with Gasteiger partial charge in [0, 0.05) is 37.1 Å². The number of aryl methyl sites for hydroxylation is 3. The Bertz CT molecular complexity index is 1030. The first-order valence-corrected chi connectivity index (χ1v) is 10.4. The molecule has 5 heteroatoms. The maximum absolute atomic E-state index is 12.2. The van der Waals surface area contributed by atoms with Crippen LogP contribution in [0.4, 0.5) is 5.69 Å². The van der Waals surface area contributed by atoms with E-state index >= 15 is 0 Å². The molecular formula is C25H32N4O. The second kappa shape index (κ2) is 8.74. The number of anilines is 1. The summed E-state index contributed by atoms with van der Waals surface area (Å²) in [4.78, 5) is 19.3. The van der Waals surface area contributed by atoms with Gasteiger partial charge in [-0.1, -0.05) is 36.4 Å². The Morgan fingerprint density at radius 1 is 1.30 bits per heavy atom. The van der Waals surface area contributed by atoms with Crippen LogP contribution in [0.15, 0.2) is 70.2 Å². The fourth-order valence-electron chi connectivity index (χ4n) is 3.72. The smallest absolute Gasteiger partial charge is 0.253 e. The number of hydrogen-bond acceptors (Lipinski definition) is 4. The van der Waals surface area contributed by atoms with Gasteiger partial charge in [0.1, 0.15) is 0 Å². The van der Waals surface area contributed by atoms with E-state index < -0.39 is 0 Å². The van der Waals surface area contributed by atoms with Gasteiger partial charge in [-0.2, -0.15) is 0 Å². The SMILES string of the molecule is C=CC(=NC1CC1)C(=C(C)N)C(c1ccc(C)cc1)N(C)c1cc(C)c(=O)n(C)c1. The molecular weight excluding hydrogens is 372 g/mol. The number of nitrogens with zero attached hydrogens (tertiary/aromatic N) is 3. The normalized spacial score (nSPS) is 16.1. The van der Waals surface area contributed by atoms with Gasteiger partial charge in [-0.25, -0.2) is 0 Å². The molecule has 1 unspecified atom stereocenters. The summed E-state index contributed by atoms with van der Waals surface area (Å²) in [5.74, 6) is 0. The van der Waals surface area contributed by atoms with E-state index in [-0.39, 0.29) is 11.6 Å². The second-order valence-electron chi connectivity index (χ2n) is 8.27. The predicted octanol–water partition coefficient (Wildman–Crippen LogP) is 4.20. The maximum Gasteiger partial charge on any atom is 0.253 e. The van der Waals surface area contributed by atoms with E-state index in [0.29, 0.717) is 17.3 Å². The van der Waals surface area contributed by atoms with Crippen molar-refractivity contribution in [2.45, 2.75) is 45.7 Å². The van der Waals surface area contributed by atoms with Crippen molar-refractivity contribution >= 4 is 11.4 Å². The van der Waals surface area contributed by atoms with Crippen LogP contribution in [-0.4, -0.2) is 23.4 Å². The molecule has 3 rings (SSSR count). The summed E-state index contributed by atoms with van der Waals surface area (Å²) in [6, 6.07) is 10.6. The average molecular weight is 405 g/mol. The van der Waals surface area contributed by atoms with E-state index in [0.717, 1.165) is 35.4 Å². The molecule has 1 saturated carbocycles. The zero-order chi connectivity index (χ0) is 22.0. The molecule has 0 radical (unpaired) electrons. The van der Waals surface area contributed by atoms with Crippen molar-refractivity contribution in [1.82, 2.24) is 4.57 Å². The number of aliphatic imine (C=N–C) groups is 1. The fraction of sp³-hybridized carbons (Fsp3) is 0.360. The third-order valence-corrected chi connectivity index (χ3v) is 5.57. The first-order valence-electron chi connectivity index (χ1n) is 10.4. The highest BCUT2D eigenvalue weighted by atomic mass is 16.1. The Morgan fingerprint density at radius 2 is 1.93 bits per heavy atom. The number of hydrogen-bond donors (Lipinski definition) is 1. The molecule has 1 fully saturated rings. The Balaban J connectivity index is 2.19. The van der Waals surface area contributed by atoms with Crippen LogP contribution in [0.3, 0.4) is 0 Å². The summed E-state index contributed by atoms with van der Waals surface area (Å²) in [5.41, 5.74) is 12.9. The van der Waals surface area contributed by atoms with Crippen molar-refractivity contribution in [1.29, 1.82) is 0 Å². The van der Waals surface area contributed by atoms with Gasteiger partial charge in [0.25, 0.3) is 5.56 Å². The summed E-state index contributed by atoms with van der Waals surface area (Å²) in [7, 11) is 3.81. The molecule has 1 heterocycles. The minimum absolute atomic E-state index is 0.00637. The lowest BCUT2D eigenvalue weighted by Crippen LogP contribution is -2.32. The van der Waals surface area contributed by atoms with E-state index in [9.17, 15) is 4.79 Å². The number of aromatic nitrogens is 1. The molecule has 0 saturated heterocycles. The molecule has 1 aromatic heterocycles. The van der Waals surface area contributed by atoms with Gasteiger partial charge >= 0.3 is 0 Å². The van der Waals surface area contributed by atoms with Gasteiger partial charge in [0.15, 0.2) is 0 Å². The van der Waals surface area contributed by atoms with Crippen LogP contribution in [0.1, 0.15) is 42.5 Å². The van der Waals surface area contributed by atoms with Crippen LogP contribution in [-0.2, 0) is 7.05 Å². The zero-order valence-electron chi connectivity index (χ0n) is 18.6. The van der Waals surface area contributed by atoms with Crippen LogP contribution >= 0.6 is 0 Å². The largest absolute Gasteiger partial charge is 0.402 e. The van der Waals surface area contributed by atoms with Crippen LogP contribution < -0.4 is 16.2 Å². The highest BCUT2D eigenvalue weighted by Crippen LogP contribution is 2.35. The van der Waals surface area contributed by atoms with E-state index in [2.05, 4.69) is 42.7 Å². The quantitative estimate of drug-likeness (QED) is 0.704. The molecule has 1 atom stereocenters. The van der Waals surface area contributed by atoms with Gasteiger partial charge in [-0.15, -0.1) is 0 Å². The summed E-state index contributed by atoms with van der Waals surface area (Å²) in [6.07, 6.45) is 5.90. The molecule has 1 aromatic carbocycles. The first-order chi connectivity index (χ1) is 14.2. The number of nitrogens with two attached hydrogens (primary N) is 1. The summed E-state index contributed by atoms with van der Waals surface area (Å²) < 4.78 is 1.62. The van der Waals surface area contributed by atoms with Crippen LogP contribution in [0.5, 0.6) is 0 Å². The van der Waals surface area contributed by atoms with Crippen molar-refractivity contribution in [3.05, 3.63) is 87.5 Å². The van der Waals surface area contributed by atoms with Crippen molar-refractivity contribution < 1.29 is 0 Å². The lowest BCUT2D eigenvalue weighted by molar-refractivity contribution is 0.760. The van der Waals surface area contributed by atoms with Crippen LogP contribution in [0, 0.1) is 13.8 Å². The Morgan fingerprint density at radius 3 is 2.43 bits per heavy atom. The Labute approximate surface area is 179 Å². The molecule has 0 bridgehead atoms. The molecule has 1 aliphatic carbocycles. The highest BCUT2D eigenvalue weighted by molar-refractivity contribution is 6.10. The predicted molar refractivity (Wildman–Crippen MR) is 126 cm³/mol. The van der Waals surface area contributed by atoms with Crippen molar-refractivity contribution in [3.63, 3.8) is 0 Å². The second-order valence-corrected chi connectivity index (χ2v) is 8.27. The standard InChI is InChI=1S/C25H32N4O/c1-7-22(27-20-12-13-20)23(18(4)26)24(19-10-8-16(2)9-11-19)29(6)21-14-17(3)25(30)28(5)15-21/h7-11,14-15,20,24H,1,12-13,26H2,2-6H3. The monoisotopic (exact) mass is 404 g/mol. The summed E-state index contributed by atoms with van der Waals surface area (Å²) in [6.45, 7) is 9.86. The molecule has 2 N–H and O–H groups in total. The Kier molecular flexibility index (Phi) is 6.30. The Hall–Kier alpha value is -3.08. The van der Waals surface area contributed by atoms with Crippen molar-refractivity contribution in [2.24, 2.45) is 17.8 Å². The number of pyridine rings is 1. The minimum atomic E-state index is -0.164. The van der Waals surface area contributed by atoms with Gasteiger partial charge in [-0.05, 0) is 51.3 Å². The topological polar surface area (TPSA) is 63.6 Å². The molecule has 5 nitrogen and oxygen atoms in total. The minimum Gasteiger partial charge on any atom is -0.402 e. The summed E-state index contributed by atoms with van der Waals surface area (Å²) >= 11 is 0. The van der Waals surface area contributed by atoms with Gasteiger partial charge < -0.3 is 15.2 Å². The number of likely N-dealkylation sites (N-methyl/N-ethyl adjacent to an activating group) is 1. The number of allylic oxidation sites excluding steroid dienone is 2. The maximum atomic E-state index is 12.2. The van der Waals surface area contributed by atoms with E-state index in [1.165, 1.54) is 5.56 Å². The average Bonchev–Trinajstić information content (AvgIpc) is 3.52. The van der Waals surface area contributed by atoms with Crippen LogP contribution in [0.25, 0.3) is 0 Å². The van der Waals surface area contributed by atoms with Gasteiger partial charge in [-0.3, -0.25) is 9.79 Å². The van der Waals surface area contributed by atoms with Gasteiger partial charge in [0.2, 0.25) is 0 Å². The molecule has 1 aliphatic rings. The van der Waals surface area contributed by atoms with Crippen molar-refractivity contribution in [3.8, 4) is 0 Å².